The van der Waals surface area contributed by atoms with Crippen LogP contribution in [0.4, 0.5) is 0 Å². The van der Waals surface area contributed by atoms with Crippen molar-refractivity contribution in [2.24, 2.45) is 0 Å². The van der Waals surface area contributed by atoms with Crippen LogP contribution in [0.5, 0.6) is 0 Å². The van der Waals surface area contributed by atoms with Crippen LogP contribution in [-0.2, 0) is 4.74 Å². The van der Waals surface area contributed by atoms with Crippen LogP contribution < -0.4 is 5.32 Å². The number of benzene rings is 1. The number of amides is 1. The van der Waals surface area contributed by atoms with E-state index in [0.29, 0.717) is 25.3 Å². The Morgan fingerprint density at radius 2 is 2.04 bits per heavy atom. The molecule has 2 aromatic rings. The Hall–Kier alpha value is -1.82. The molecule has 0 spiro atoms. The third kappa shape index (κ3) is 4.60. The summed E-state index contributed by atoms with van der Waals surface area (Å²) < 4.78 is 11.0. The molecule has 24 heavy (non-hydrogen) atoms. The van der Waals surface area contributed by atoms with Crippen LogP contribution in [0.3, 0.4) is 0 Å². The number of aryl methyl sites for hydroxylation is 1. The van der Waals surface area contributed by atoms with E-state index < -0.39 is 0 Å². The van der Waals surface area contributed by atoms with Gasteiger partial charge in [-0.15, -0.1) is 12.4 Å². The molecular weight excluding hydrogens is 328 g/mol. The maximum atomic E-state index is 12.4. The summed E-state index contributed by atoms with van der Waals surface area (Å²) in [6.07, 6.45) is 1.67. The summed E-state index contributed by atoms with van der Waals surface area (Å²) in [5.41, 5.74) is 1.76. The van der Waals surface area contributed by atoms with E-state index in [1.807, 2.05) is 43.3 Å². The summed E-state index contributed by atoms with van der Waals surface area (Å²) >= 11 is 0. The van der Waals surface area contributed by atoms with Crippen LogP contribution in [0.25, 0.3) is 0 Å². The summed E-state index contributed by atoms with van der Waals surface area (Å²) in [4.78, 5) is 14.7. The molecule has 1 unspecified atom stereocenters. The van der Waals surface area contributed by atoms with E-state index in [-0.39, 0.29) is 24.4 Å². The van der Waals surface area contributed by atoms with Crippen LogP contribution in [-0.4, -0.2) is 43.7 Å². The first-order valence-corrected chi connectivity index (χ1v) is 7.94. The monoisotopic (exact) mass is 350 g/mol. The number of carbonyl (C=O) groups excluding carboxylic acids is 1. The summed E-state index contributed by atoms with van der Waals surface area (Å²) in [5, 5.41) is 3.03. The molecule has 5 nitrogen and oxygen atoms in total. The quantitative estimate of drug-likeness (QED) is 0.901. The molecule has 3 rings (SSSR count). The van der Waals surface area contributed by atoms with Crippen molar-refractivity contribution in [2.75, 3.05) is 32.8 Å². The van der Waals surface area contributed by atoms with Crippen LogP contribution in [0.15, 0.2) is 47.1 Å². The molecule has 0 bridgehead atoms. The Morgan fingerprint density at radius 3 is 2.71 bits per heavy atom. The Morgan fingerprint density at radius 1 is 1.25 bits per heavy atom. The standard InChI is InChI=1S/C18H22N2O3.ClH/c1-14-4-2-5-15(12-14)18(21)19-13-16(17-6-3-9-23-17)20-7-10-22-11-8-20;/h2-6,9,12,16H,7-8,10-11,13H2,1H3,(H,19,21);1H. The fraction of sp³-hybridized carbons (Fsp3) is 0.389. The van der Waals surface area contributed by atoms with Gasteiger partial charge in [-0.3, -0.25) is 9.69 Å². The molecule has 1 aromatic carbocycles. The van der Waals surface area contributed by atoms with E-state index in [2.05, 4.69) is 10.2 Å². The predicted octanol–water partition coefficient (Wildman–Crippen LogP) is 2.81. The molecule has 1 aliphatic heterocycles. The first-order valence-electron chi connectivity index (χ1n) is 7.94. The second kappa shape index (κ2) is 8.87. The molecule has 0 saturated carbocycles. The molecule has 1 atom stereocenters. The Bertz CT molecular complexity index is 639. The highest BCUT2D eigenvalue weighted by atomic mass is 35.5. The van der Waals surface area contributed by atoms with Crippen LogP contribution >= 0.6 is 12.4 Å². The van der Waals surface area contributed by atoms with E-state index in [1.54, 1.807) is 6.26 Å². The van der Waals surface area contributed by atoms with Crippen LogP contribution in [0, 0.1) is 6.92 Å². The van der Waals surface area contributed by atoms with Gasteiger partial charge < -0.3 is 14.5 Å². The number of nitrogens with zero attached hydrogens (tertiary/aromatic N) is 1. The minimum Gasteiger partial charge on any atom is -0.468 e. The number of ether oxygens (including phenoxy) is 1. The average molecular weight is 351 g/mol. The largest absolute Gasteiger partial charge is 0.468 e. The number of morpholine rings is 1. The highest BCUT2D eigenvalue weighted by Gasteiger charge is 2.25. The van der Waals surface area contributed by atoms with Crippen molar-refractivity contribution >= 4 is 18.3 Å². The summed E-state index contributed by atoms with van der Waals surface area (Å²) in [6, 6.07) is 11.5. The molecule has 0 radical (unpaired) electrons. The number of halogens is 1. The minimum absolute atomic E-state index is 0. The molecule has 1 saturated heterocycles. The third-order valence-corrected chi connectivity index (χ3v) is 4.09. The zero-order valence-corrected chi connectivity index (χ0v) is 14.6. The number of hydrogen-bond donors (Lipinski definition) is 1. The van der Waals surface area contributed by atoms with Gasteiger partial charge >= 0.3 is 0 Å². The molecule has 2 heterocycles. The van der Waals surface area contributed by atoms with Gasteiger partial charge in [0.1, 0.15) is 5.76 Å². The second-order valence-electron chi connectivity index (χ2n) is 5.76. The van der Waals surface area contributed by atoms with Crippen LogP contribution in [0.1, 0.15) is 27.7 Å². The number of hydrogen-bond acceptors (Lipinski definition) is 4. The maximum Gasteiger partial charge on any atom is 0.251 e. The molecule has 1 amide bonds. The van der Waals surface area contributed by atoms with Crippen molar-refractivity contribution < 1.29 is 13.9 Å². The molecule has 1 aliphatic rings. The Balaban J connectivity index is 0.00000208. The number of rotatable bonds is 5. The first kappa shape index (κ1) is 18.5. The lowest BCUT2D eigenvalue weighted by atomic mass is 10.1. The summed E-state index contributed by atoms with van der Waals surface area (Å²) in [6.45, 7) is 5.60. The van der Waals surface area contributed by atoms with Gasteiger partial charge in [0.15, 0.2) is 0 Å². The molecule has 130 valence electrons. The predicted molar refractivity (Wildman–Crippen MR) is 94.6 cm³/mol. The van der Waals surface area contributed by atoms with E-state index in [0.717, 1.165) is 24.4 Å². The van der Waals surface area contributed by atoms with Crippen molar-refractivity contribution in [3.8, 4) is 0 Å². The fourth-order valence-electron chi connectivity index (χ4n) is 2.86. The van der Waals surface area contributed by atoms with E-state index in [1.165, 1.54) is 0 Å². The highest BCUT2D eigenvalue weighted by Crippen LogP contribution is 2.21. The third-order valence-electron chi connectivity index (χ3n) is 4.09. The number of nitrogens with one attached hydrogen (secondary N) is 1. The summed E-state index contributed by atoms with van der Waals surface area (Å²) in [7, 11) is 0. The number of furan rings is 1. The molecule has 1 N–H and O–H groups in total. The van der Waals surface area contributed by atoms with Crippen molar-refractivity contribution in [3.05, 3.63) is 59.5 Å². The van der Waals surface area contributed by atoms with Gasteiger partial charge in [0.2, 0.25) is 0 Å². The van der Waals surface area contributed by atoms with Gasteiger partial charge in [0.25, 0.3) is 5.91 Å². The molecule has 1 aromatic heterocycles. The maximum absolute atomic E-state index is 12.4. The average Bonchev–Trinajstić information content (AvgIpc) is 3.10. The topological polar surface area (TPSA) is 54.7 Å². The smallest absolute Gasteiger partial charge is 0.251 e. The van der Waals surface area contributed by atoms with Crippen molar-refractivity contribution in [2.45, 2.75) is 13.0 Å². The first-order chi connectivity index (χ1) is 11.2. The molecule has 6 heteroatoms. The lowest BCUT2D eigenvalue weighted by Crippen LogP contribution is -2.43. The van der Waals surface area contributed by atoms with Gasteiger partial charge in [-0.2, -0.15) is 0 Å². The Labute approximate surface area is 148 Å². The van der Waals surface area contributed by atoms with Crippen molar-refractivity contribution in [1.29, 1.82) is 0 Å². The van der Waals surface area contributed by atoms with Gasteiger partial charge in [0.05, 0.1) is 25.5 Å². The lowest BCUT2D eigenvalue weighted by Gasteiger charge is -2.33. The van der Waals surface area contributed by atoms with Crippen molar-refractivity contribution in [3.63, 3.8) is 0 Å². The normalized spacial score (nSPS) is 16.2. The highest BCUT2D eigenvalue weighted by molar-refractivity contribution is 5.94. The van der Waals surface area contributed by atoms with E-state index >= 15 is 0 Å². The zero-order chi connectivity index (χ0) is 16.1. The molecule has 0 aliphatic carbocycles. The number of carbonyl (C=O) groups is 1. The SMILES string of the molecule is Cc1cccc(C(=O)NCC(c2ccco2)N2CCOCC2)c1.Cl. The second-order valence-corrected chi connectivity index (χ2v) is 5.76. The fourth-order valence-corrected chi connectivity index (χ4v) is 2.86. The lowest BCUT2D eigenvalue weighted by molar-refractivity contribution is 0.0118. The zero-order valence-electron chi connectivity index (χ0n) is 13.7. The molecular formula is C18H23ClN2O3. The Kier molecular flexibility index (Phi) is 6.85. The minimum atomic E-state index is -0.0569. The van der Waals surface area contributed by atoms with Gasteiger partial charge in [-0.05, 0) is 31.2 Å². The van der Waals surface area contributed by atoms with Gasteiger partial charge in [-0.25, -0.2) is 0 Å². The van der Waals surface area contributed by atoms with E-state index in [9.17, 15) is 4.79 Å². The van der Waals surface area contributed by atoms with Crippen molar-refractivity contribution in [1.82, 2.24) is 10.2 Å². The van der Waals surface area contributed by atoms with Gasteiger partial charge in [-0.1, -0.05) is 17.7 Å². The van der Waals surface area contributed by atoms with Gasteiger partial charge in [0, 0.05) is 25.2 Å². The van der Waals surface area contributed by atoms with E-state index in [4.69, 9.17) is 9.15 Å². The van der Waals surface area contributed by atoms with Crippen LogP contribution in [0.2, 0.25) is 0 Å². The summed E-state index contributed by atoms with van der Waals surface area (Å²) in [5.74, 6) is 0.815. The molecule has 1 fully saturated rings.